The first kappa shape index (κ1) is 53.7. The van der Waals surface area contributed by atoms with E-state index in [0.717, 1.165) is 15.8 Å². The smallest absolute Gasteiger partial charge is 0.342 e. The number of carboxylic acid groups (broad SMARTS) is 1. The Bertz CT molecular complexity index is 4010. The number of halogens is 2. The first-order valence-corrected chi connectivity index (χ1v) is 29.0. The van der Waals surface area contributed by atoms with Crippen LogP contribution < -0.4 is 25.3 Å². The van der Waals surface area contributed by atoms with Crippen LogP contribution in [0.5, 0.6) is 5.75 Å². The van der Waals surface area contributed by atoms with Crippen LogP contribution in [-0.2, 0) is 40.1 Å². The molecule has 8 aromatic rings. The number of likely N-dealkylation sites (tertiary alicyclic amines) is 2. The summed E-state index contributed by atoms with van der Waals surface area (Å²) < 4.78 is 25.8. The number of rotatable bonds is 12. The van der Waals surface area contributed by atoms with E-state index in [4.69, 9.17) is 36.6 Å². The fourth-order valence-corrected chi connectivity index (χ4v) is 14.3. The summed E-state index contributed by atoms with van der Waals surface area (Å²) in [6, 6.07) is 28.9. The predicted octanol–water partition coefficient (Wildman–Crippen LogP) is 7.10. The van der Waals surface area contributed by atoms with Gasteiger partial charge < -0.3 is 35.6 Å². The molecule has 4 bridgehead atoms. The minimum absolute atomic E-state index is 0.00712. The summed E-state index contributed by atoms with van der Waals surface area (Å²) >= 11 is 8.05. The van der Waals surface area contributed by atoms with Gasteiger partial charge in [-0.3, -0.25) is 33.4 Å². The Morgan fingerprint density at radius 1 is 0.819 bits per heavy atom. The van der Waals surface area contributed by atoms with Crippen LogP contribution in [0, 0.1) is 11.7 Å². The summed E-state index contributed by atoms with van der Waals surface area (Å²) in [6.07, 6.45) is 3.59. The Morgan fingerprint density at radius 2 is 1.55 bits per heavy atom. The molecule has 0 unspecified atom stereocenters. The van der Waals surface area contributed by atoms with E-state index in [1.54, 1.807) is 39.0 Å². The van der Waals surface area contributed by atoms with E-state index in [2.05, 4.69) is 16.0 Å². The molecule has 23 heteroatoms. The Hall–Kier alpha value is -8.60. The van der Waals surface area contributed by atoms with Crippen LogP contribution in [0.4, 0.5) is 10.1 Å². The molecule has 0 spiro atoms. The number of carbonyl (C=O) groups excluding carboxylic acids is 6. The molecule has 3 fully saturated rings. The summed E-state index contributed by atoms with van der Waals surface area (Å²) in [5.74, 6) is -4.61. The van der Waals surface area contributed by atoms with Crippen LogP contribution in [0.15, 0.2) is 103 Å². The van der Waals surface area contributed by atoms with Crippen molar-refractivity contribution in [2.45, 2.75) is 68.9 Å². The van der Waals surface area contributed by atoms with Crippen molar-refractivity contribution in [1.29, 1.82) is 0 Å². The number of carboxylic acids is 1. The molecule has 1 atom stereocenters. The molecule has 20 nitrogen and oxygen atoms in total. The van der Waals surface area contributed by atoms with Gasteiger partial charge in [0.15, 0.2) is 5.60 Å². The maximum absolute atomic E-state index is 16.5. The molecule has 6 aliphatic rings. The second kappa shape index (κ2) is 21.3. The van der Waals surface area contributed by atoms with Crippen molar-refractivity contribution in [3.8, 4) is 27.4 Å². The van der Waals surface area contributed by atoms with Gasteiger partial charge in [0.1, 0.15) is 48.3 Å². The number of quaternary nitrogens is 1. The highest BCUT2D eigenvalue weighted by molar-refractivity contribution is 7.22. The van der Waals surface area contributed by atoms with Gasteiger partial charge in [-0.05, 0) is 72.5 Å². The largest absolute Gasteiger partial charge is 0.480 e. The molecular weight excluding hydrogens is 1110 g/mol. The van der Waals surface area contributed by atoms with Gasteiger partial charge in [-0.2, -0.15) is 5.10 Å². The second-order valence-electron chi connectivity index (χ2n) is 22.1. The lowest BCUT2D eigenvalue weighted by molar-refractivity contribution is -0.159. The van der Waals surface area contributed by atoms with Crippen molar-refractivity contribution in [3.63, 3.8) is 0 Å². The zero-order valence-corrected chi connectivity index (χ0v) is 46.4. The number of aromatic nitrogens is 5. The number of nitrogens with one attached hydrogen (secondary N) is 3. The topological polar surface area (TPSA) is 240 Å². The van der Waals surface area contributed by atoms with E-state index < -0.39 is 54.1 Å². The molecule has 0 saturated carbocycles. The molecule has 6 amide bonds. The zero-order valence-electron chi connectivity index (χ0n) is 44.8. The minimum Gasteiger partial charge on any atom is -0.480 e. The van der Waals surface area contributed by atoms with E-state index in [1.165, 1.54) is 22.1 Å². The second-order valence-corrected chi connectivity index (χ2v) is 23.5. The molecule has 14 rings (SSSR count). The van der Waals surface area contributed by atoms with Gasteiger partial charge in [-0.1, -0.05) is 64.9 Å². The summed E-state index contributed by atoms with van der Waals surface area (Å²) in [5.41, 5.74) is 3.98. The van der Waals surface area contributed by atoms with Gasteiger partial charge in [0, 0.05) is 86.2 Å². The Balaban J connectivity index is 0.773. The normalized spacial score (nSPS) is 20.2. The highest BCUT2D eigenvalue weighted by Crippen LogP contribution is 2.45. The van der Waals surface area contributed by atoms with Crippen LogP contribution in [0.25, 0.3) is 53.7 Å². The number of ether oxygens (including phenoxy) is 1. The zero-order chi connectivity index (χ0) is 57.3. The van der Waals surface area contributed by atoms with Crippen molar-refractivity contribution in [1.82, 2.24) is 49.7 Å². The van der Waals surface area contributed by atoms with Gasteiger partial charge >= 0.3 is 11.9 Å². The number of anilines is 1. The van der Waals surface area contributed by atoms with E-state index in [-0.39, 0.29) is 91.7 Å². The highest BCUT2D eigenvalue weighted by atomic mass is 35.5. The van der Waals surface area contributed by atoms with E-state index in [1.807, 2.05) is 72.8 Å². The lowest BCUT2D eigenvalue weighted by atomic mass is 9.85. The molecule has 0 aliphatic carbocycles. The van der Waals surface area contributed by atoms with Gasteiger partial charge in [0.05, 0.1) is 56.6 Å². The number of hydrogen-bond acceptors (Lipinski definition) is 12. The van der Waals surface area contributed by atoms with E-state index >= 15 is 14.0 Å². The van der Waals surface area contributed by atoms with Crippen LogP contribution in [0.2, 0.25) is 5.02 Å². The van der Waals surface area contributed by atoms with Crippen molar-refractivity contribution < 1.29 is 47.8 Å². The minimum atomic E-state index is -1.43. The van der Waals surface area contributed by atoms with Crippen molar-refractivity contribution in [3.05, 3.63) is 125 Å². The molecule has 0 radical (unpaired) electrons. The van der Waals surface area contributed by atoms with Crippen molar-refractivity contribution in [2.24, 2.45) is 5.92 Å². The number of carbonyl (C=O) groups is 7. The number of piperidine rings is 3. The summed E-state index contributed by atoms with van der Waals surface area (Å²) in [4.78, 5) is 105. The fourth-order valence-electron chi connectivity index (χ4n) is 13.0. The van der Waals surface area contributed by atoms with Crippen molar-refractivity contribution in [2.75, 3.05) is 57.7 Å². The Morgan fingerprint density at radius 3 is 2.34 bits per heavy atom. The standard InChI is InChI=1S/C60H55ClFN11O9S/c61-42-10-6-12-45-55(42)83-56(67-45)39-8-2-4-14-48(39)82-60(19-23-69(24-20-60)57(79)41-29-49(74)66-44-11-3-1-7-37(41)44)59(81)70-21-15-35(16-22-70)58(80)73-25-17-34(18-26-73)54-53-38(40-28-47-36(27-43(40)62)30-65-72(47)73)9-5-13-46(53)71(68-54)33-51(76)63-31-50(75)64-32-52(77)78/h1-14,27-28,30,34-35,41H,15-26,29,31-33H2,(H3-,63,64,66,74,75,76,77,78)/p+1/t34?,41-,73?/m0/s1. The third kappa shape index (κ3) is 9.60. The van der Waals surface area contributed by atoms with Gasteiger partial charge in [-0.15, -0.1) is 21.0 Å². The lowest BCUT2D eigenvalue weighted by Crippen LogP contribution is -2.68. The summed E-state index contributed by atoms with van der Waals surface area (Å²) in [5, 5.41) is 28.9. The number of thiazole rings is 1. The van der Waals surface area contributed by atoms with Crippen LogP contribution in [0.3, 0.4) is 0 Å². The molecule has 6 aliphatic heterocycles. The van der Waals surface area contributed by atoms with Gasteiger partial charge in [0.2, 0.25) is 23.6 Å². The number of aliphatic carboxylic acids is 1. The molecule has 3 saturated heterocycles. The molecule has 9 heterocycles. The third-order valence-electron chi connectivity index (χ3n) is 17.3. The first-order chi connectivity index (χ1) is 40.2. The molecule has 3 aromatic heterocycles. The Kier molecular flexibility index (Phi) is 13.8. The third-order valence-corrected chi connectivity index (χ3v) is 18.8. The molecular formula is C60H56ClFN11O9S+. The number of nitrogens with zero attached hydrogens (tertiary/aromatic N) is 8. The van der Waals surface area contributed by atoms with Crippen molar-refractivity contribution >= 4 is 102 Å². The quantitative estimate of drug-likeness (QED) is 0.0896. The molecule has 4 N–H and O–H groups in total. The fraction of sp³-hybridized carbons (Fsp3) is 0.333. The molecule has 5 aromatic carbocycles. The summed E-state index contributed by atoms with van der Waals surface area (Å²) in [6.45, 7) is 0.229. The van der Waals surface area contributed by atoms with Crippen LogP contribution in [0.1, 0.15) is 68.0 Å². The van der Waals surface area contributed by atoms with Crippen LogP contribution in [-0.4, -0.2) is 139 Å². The number of para-hydroxylation sites is 2. The van der Waals surface area contributed by atoms with Gasteiger partial charge in [-0.25, -0.2) is 14.2 Å². The Labute approximate surface area is 482 Å². The van der Waals surface area contributed by atoms with E-state index in [9.17, 15) is 24.0 Å². The van der Waals surface area contributed by atoms with E-state index in [0.29, 0.717) is 98.9 Å². The lowest BCUT2D eigenvalue weighted by Gasteiger charge is -2.46. The average Bonchev–Trinajstić information content (AvgIpc) is 3.02. The SMILES string of the molecule is O=C(O)CNC(=O)CNC(=O)Cn1nc2c3c(cccc31)-c1cc3c(cnn3[N+]3(C(=O)C4CCN(C(=O)C5(Oc6ccccc6-c6nc7cccc(Cl)c7s6)CCN(C(=O)[C@H]6CC(=O)Nc7ccccc76)CC5)CC4)CCC2CC3)cc1F. The molecule has 424 valence electrons. The number of benzene rings is 5. The monoisotopic (exact) mass is 1160 g/mol. The van der Waals surface area contributed by atoms with Gasteiger partial charge in [0.25, 0.3) is 5.91 Å². The summed E-state index contributed by atoms with van der Waals surface area (Å²) in [7, 11) is 0. The van der Waals surface area contributed by atoms with Crippen LogP contribution >= 0.6 is 22.9 Å². The molecule has 83 heavy (non-hydrogen) atoms. The first-order valence-electron chi connectivity index (χ1n) is 27.8. The maximum Gasteiger partial charge on any atom is 0.342 e. The number of amides is 6. The average molecular weight is 1160 g/mol. The predicted molar refractivity (Wildman–Crippen MR) is 307 cm³/mol. The number of hydrogen-bond donors (Lipinski definition) is 4. The highest BCUT2D eigenvalue weighted by Gasteiger charge is 2.53. The number of fused-ring (bicyclic) bond motifs is 4. The maximum atomic E-state index is 16.5.